The Bertz CT molecular complexity index is 494. The quantitative estimate of drug-likeness (QED) is 0.918. The van der Waals surface area contributed by atoms with Crippen LogP contribution >= 0.6 is 12.4 Å². The molecule has 0 aliphatic carbocycles. The third kappa shape index (κ3) is 4.78. The van der Waals surface area contributed by atoms with E-state index in [0.29, 0.717) is 18.7 Å². The maximum absolute atomic E-state index is 12.4. The van der Waals surface area contributed by atoms with E-state index in [1.807, 2.05) is 7.05 Å². The highest BCUT2D eigenvalue weighted by Crippen LogP contribution is 2.24. The molecule has 1 N–H and O–H groups in total. The van der Waals surface area contributed by atoms with Crippen LogP contribution in [-0.4, -0.2) is 43.3 Å². The molecule has 1 unspecified atom stereocenters. The number of alkyl halides is 3. The number of amides is 1. The fourth-order valence-corrected chi connectivity index (χ4v) is 2.52. The van der Waals surface area contributed by atoms with Gasteiger partial charge in [0.15, 0.2) is 0 Å². The zero-order valence-electron chi connectivity index (χ0n) is 12.0. The molecule has 0 radical (unpaired) electrons. The van der Waals surface area contributed by atoms with Gasteiger partial charge in [0.25, 0.3) is 5.91 Å². The average Bonchev–Trinajstić information content (AvgIpc) is 2.86. The van der Waals surface area contributed by atoms with Crippen LogP contribution in [0.15, 0.2) is 24.3 Å². The second kappa shape index (κ2) is 7.69. The fraction of sp³-hybridized carbons (Fsp3) is 0.500. The predicted octanol–water partition coefficient (Wildman–Crippen LogP) is 2.83. The van der Waals surface area contributed by atoms with Crippen LogP contribution in [0.2, 0.25) is 0 Å². The maximum atomic E-state index is 12.4. The molecule has 0 saturated carbocycles. The third-order valence-corrected chi connectivity index (χ3v) is 3.41. The van der Waals surface area contributed by atoms with Gasteiger partial charge in [-0.2, -0.15) is 0 Å². The SMILES string of the molecule is CNCC1CCCN1C(=O)c1ccc(OC(F)(F)F)cc1.Cl. The molecule has 1 atom stereocenters. The van der Waals surface area contributed by atoms with E-state index in [2.05, 4.69) is 10.1 Å². The molecule has 1 aliphatic heterocycles. The number of hydrogen-bond donors (Lipinski definition) is 1. The first kappa shape index (κ1) is 18.6. The van der Waals surface area contributed by atoms with Gasteiger partial charge in [0.05, 0.1) is 0 Å². The highest BCUT2D eigenvalue weighted by atomic mass is 35.5. The number of nitrogens with one attached hydrogen (secondary N) is 1. The van der Waals surface area contributed by atoms with Crippen molar-refractivity contribution in [1.29, 1.82) is 0 Å². The number of rotatable bonds is 4. The average molecular weight is 339 g/mol. The summed E-state index contributed by atoms with van der Waals surface area (Å²) in [5.74, 6) is -0.487. The Balaban J connectivity index is 0.00000242. The summed E-state index contributed by atoms with van der Waals surface area (Å²) < 4.78 is 40.0. The van der Waals surface area contributed by atoms with Crippen LogP contribution in [0, 0.1) is 0 Å². The summed E-state index contributed by atoms with van der Waals surface area (Å²) in [5.41, 5.74) is 0.368. The number of ether oxygens (including phenoxy) is 1. The molecule has 2 rings (SSSR count). The number of carbonyl (C=O) groups excluding carboxylic acids is 1. The molecule has 4 nitrogen and oxygen atoms in total. The minimum Gasteiger partial charge on any atom is -0.406 e. The fourth-order valence-electron chi connectivity index (χ4n) is 2.52. The number of likely N-dealkylation sites (N-methyl/N-ethyl adjacent to an activating group) is 1. The summed E-state index contributed by atoms with van der Waals surface area (Å²) in [4.78, 5) is 14.1. The molecular weight excluding hydrogens is 321 g/mol. The van der Waals surface area contributed by atoms with Gasteiger partial charge in [-0.25, -0.2) is 0 Å². The topological polar surface area (TPSA) is 41.6 Å². The molecule has 124 valence electrons. The van der Waals surface area contributed by atoms with E-state index in [9.17, 15) is 18.0 Å². The number of halogens is 4. The van der Waals surface area contributed by atoms with Gasteiger partial charge < -0.3 is 15.0 Å². The van der Waals surface area contributed by atoms with Gasteiger partial charge >= 0.3 is 6.36 Å². The van der Waals surface area contributed by atoms with Crippen LogP contribution < -0.4 is 10.1 Å². The normalized spacial score (nSPS) is 18.0. The van der Waals surface area contributed by atoms with Gasteiger partial charge in [-0.05, 0) is 44.2 Å². The van der Waals surface area contributed by atoms with E-state index in [4.69, 9.17) is 0 Å². The summed E-state index contributed by atoms with van der Waals surface area (Å²) in [7, 11) is 1.82. The number of likely N-dealkylation sites (tertiary alicyclic amines) is 1. The number of carbonyl (C=O) groups is 1. The lowest BCUT2D eigenvalue weighted by Gasteiger charge is -2.24. The van der Waals surface area contributed by atoms with Crippen LogP contribution in [0.5, 0.6) is 5.75 Å². The molecule has 1 saturated heterocycles. The summed E-state index contributed by atoms with van der Waals surface area (Å²) in [6, 6.07) is 5.16. The number of benzene rings is 1. The van der Waals surface area contributed by atoms with Crippen LogP contribution in [-0.2, 0) is 0 Å². The van der Waals surface area contributed by atoms with Gasteiger partial charge in [-0.1, -0.05) is 0 Å². The largest absolute Gasteiger partial charge is 0.573 e. The van der Waals surface area contributed by atoms with Crippen molar-refractivity contribution in [2.24, 2.45) is 0 Å². The molecule has 1 aliphatic rings. The summed E-state index contributed by atoms with van der Waals surface area (Å²) in [6.07, 6.45) is -2.85. The second-order valence-corrected chi connectivity index (χ2v) is 4.92. The first-order valence-corrected chi connectivity index (χ1v) is 6.72. The molecule has 1 aromatic carbocycles. The van der Waals surface area contributed by atoms with Crippen LogP contribution in [0.4, 0.5) is 13.2 Å². The minimum atomic E-state index is -4.72. The standard InChI is InChI=1S/C14H17F3N2O2.ClH/c1-18-9-11-3-2-8-19(11)13(20)10-4-6-12(7-5-10)21-14(15,16)17;/h4-7,11,18H,2-3,8-9H2,1H3;1H. The van der Waals surface area contributed by atoms with Crippen molar-refractivity contribution in [2.45, 2.75) is 25.2 Å². The van der Waals surface area contributed by atoms with Gasteiger partial charge in [-0.15, -0.1) is 25.6 Å². The molecule has 22 heavy (non-hydrogen) atoms. The smallest absolute Gasteiger partial charge is 0.406 e. The molecule has 1 aromatic rings. The van der Waals surface area contributed by atoms with Crippen molar-refractivity contribution in [1.82, 2.24) is 10.2 Å². The summed E-state index contributed by atoms with van der Waals surface area (Å²) >= 11 is 0. The molecule has 1 fully saturated rings. The van der Waals surface area contributed by atoms with E-state index in [1.165, 1.54) is 12.1 Å². The molecular formula is C14H18ClF3N2O2. The lowest BCUT2D eigenvalue weighted by molar-refractivity contribution is -0.274. The Morgan fingerprint density at radius 2 is 2.00 bits per heavy atom. The van der Waals surface area contributed by atoms with Crippen LogP contribution in [0.1, 0.15) is 23.2 Å². The Morgan fingerprint density at radius 3 is 2.55 bits per heavy atom. The van der Waals surface area contributed by atoms with Crippen molar-refractivity contribution in [3.8, 4) is 5.75 Å². The van der Waals surface area contributed by atoms with Gasteiger partial charge in [0, 0.05) is 24.7 Å². The number of nitrogens with zero attached hydrogens (tertiary/aromatic N) is 1. The molecule has 0 aromatic heterocycles. The monoisotopic (exact) mass is 338 g/mol. The van der Waals surface area contributed by atoms with Crippen LogP contribution in [0.25, 0.3) is 0 Å². The molecule has 0 bridgehead atoms. The first-order valence-electron chi connectivity index (χ1n) is 6.72. The van der Waals surface area contributed by atoms with E-state index >= 15 is 0 Å². The third-order valence-electron chi connectivity index (χ3n) is 3.41. The molecule has 0 spiro atoms. The number of hydrogen-bond acceptors (Lipinski definition) is 3. The first-order chi connectivity index (χ1) is 9.90. The lowest BCUT2D eigenvalue weighted by Crippen LogP contribution is -2.40. The highest BCUT2D eigenvalue weighted by molar-refractivity contribution is 5.94. The van der Waals surface area contributed by atoms with Gasteiger partial charge in [0.1, 0.15) is 5.75 Å². The Hall–Kier alpha value is -1.47. The van der Waals surface area contributed by atoms with E-state index < -0.39 is 6.36 Å². The van der Waals surface area contributed by atoms with Crippen molar-refractivity contribution < 1.29 is 22.7 Å². The zero-order chi connectivity index (χ0) is 15.5. The zero-order valence-corrected chi connectivity index (χ0v) is 12.8. The van der Waals surface area contributed by atoms with Crippen molar-refractivity contribution in [2.75, 3.05) is 20.1 Å². The lowest BCUT2D eigenvalue weighted by atomic mass is 10.1. The summed E-state index contributed by atoms with van der Waals surface area (Å²) in [6.45, 7) is 1.38. The van der Waals surface area contributed by atoms with E-state index in [0.717, 1.165) is 25.0 Å². The molecule has 8 heteroatoms. The van der Waals surface area contributed by atoms with Crippen LogP contribution in [0.3, 0.4) is 0 Å². The molecule has 1 heterocycles. The highest BCUT2D eigenvalue weighted by Gasteiger charge is 2.32. The van der Waals surface area contributed by atoms with Crippen molar-refractivity contribution in [3.05, 3.63) is 29.8 Å². The van der Waals surface area contributed by atoms with E-state index in [-0.39, 0.29) is 30.1 Å². The predicted molar refractivity (Wildman–Crippen MR) is 78.4 cm³/mol. The van der Waals surface area contributed by atoms with E-state index in [1.54, 1.807) is 4.90 Å². The maximum Gasteiger partial charge on any atom is 0.573 e. The Kier molecular flexibility index (Phi) is 6.49. The second-order valence-electron chi connectivity index (χ2n) is 4.92. The van der Waals surface area contributed by atoms with Gasteiger partial charge in [0.2, 0.25) is 0 Å². The molecule has 1 amide bonds. The van der Waals surface area contributed by atoms with Crippen molar-refractivity contribution >= 4 is 18.3 Å². The minimum absolute atomic E-state index is 0. The van der Waals surface area contributed by atoms with Gasteiger partial charge in [-0.3, -0.25) is 4.79 Å². The Morgan fingerprint density at radius 1 is 1.36 bits per heavy atom. The summed E-state index contributed by atoms with van der Waals surface area (Å²) in [5, 5.41) is 3.04. The van der Waals surface area contributed by atoms with Crippen molar-refractivity contribution in [3.63, 3.8) is 0 Å². The Labute approximate surface area is 133 Å².